The smallest absolute Gasteiger partial charge is 0.238 e. The number of hydrogen-bond donors (Lipinski definition) is 0. The molecule has 1 saturated carbocycles. The van der Waals surface area contributed by atoms with Gasteiger partial charge in [-0.3, -0.25) is 9.59 Å². The SMILES string of the molecule is CC(C)=C1[C@H]2C=C[C@@H]1[C@@H]1C(=O)N(c3cc(Cl)ccc3C)C(=O)[C@H]12. The lowest BCUT2D eigenvalue weighted by Gasteiger charge is -2.21. The molecule has 2 bridgehead atoms. The standard InChI is InChI=1S/C19H18ClNO2/c1-9(2)15-12-6-7-13(15)17-16(12)18(22)21(19(17)23)14-8-11(20)5-4-10(14)3/h4-8,12-13,16-17H,1-3H3/t12-,13+,16-,17-/m0/s1. The molecule has 3 nitrogen and oxygen atoms in total. The molecular weight excluding hydrogens is 310 g/mol. The predicted octanol–water partition coefficient (Wildman–Crippen LogP) is 3.91. The normalized spacial score (nSPS) is 31.3. The van der Waals surface area contributed by atoms with E-state index in [1.807, 2.05) is 13.0 Å². The fourth-order valence-corrected chi connectivity index (χ4v) is 4.66. The van der Waals surface area contributed by atoms with Gasteiger partial charge in [-0.15, -0.1) is 0 Å². The van der Waals surface area contributed by atoms with Crippen molar-refractivity contribution in [2.75, 3.05) is 4.90 Å². The van der Waals surface area contributed by atoms with Crippen molar-refractivity contribution in [2.24, 2.45) is 23.7 Å². The summed E-state index contributed by atoms with van der Waals surface area (Å²) >= 11 is 6.08. The Morgan fingerprint density at radius 1 is 1.04 bits per heavy atom. The van der Waals surface area contributed by atoms with Crippen LogP contribution in [0.25, 0.3) is 0 Å². The van der Waals surface area contributed by atoms with Crippen molar-refractivity contribution in [1.29, 1.82) is 0 Å². The first kappa shape index (κ1) is 14.7. The van der Waals surface area contributed by atoms with Crippen LogP contribution in [0.15, 0.2) is 41.5 Å². The summed E-state index contributed by atoms with van der Waals surface area (Å²) in [6.45, 7) is 6.03. The number of aryl methyl sites for hydroxylation is 1. The van der Waals surface area contributed by atoms with Gasteiger partial charge in [0.25, 0.3) is 0 Å². The minimum atomic E-state index is -0.249. The van der Waals surface area contributed by atoms with Crippen molar-refractivity contribution in [3.05, 3.63) is 52.1 Å². The van der Waals surface area contributed by atoms with E-state index in [4.69, 9.17) is 11.6 Å². The molecule has 0 unspecified atom stereocenters. The Morgan fingerprint density at radius 2 is 1.61 bits per heavy atom. The van der Waals surface area contributed by atoms with E-state index in [0.717, 1.165) is 5.56 Å². The summed E-state index contributed by atoms with van der Waals surface area (Å²) in [6.07, 6.45) is 4.21. The van der Waals surface area contributed by atoms with E-state index in [9.17, 15) is 9.59 Å². The van der Waals surface area contributed by atoms with Crippen LogP contribution in [0.4, 0.5) is 5.69 Å². The largest absolute Gasteiger partial charge is 0.274 e. The number of imide groups is 1. The van der Waals surface area contributed by atoms with Gasteiger partial charge in [-0.05, 0) is 38.5 Å². The Kier molecular flexibility index (Phi) is 3.08. The molecule has 4 rings (SSSR count). The van der Waals surface area contributed by atoms with Gasteiger partial charge >= 0.3 is 0 Å². The van der Waals surface area contributed by atoms with Crippen LogP contribution in [-0.4, -0.2) is 11.8 Å². The number of carbonyl (C=O) groups excluding carboxylic acids is 2. The average Bonchev–Trinajstić information content (AvgIpc) is 3.13. The molecule has 0 radical (unpaired) electrons. The van der Waals surface area contributed by atoms with E-state index < -0.39 is 0 Å². The number of fused-ring (bicyclic) bond motifs is 5. The highest BCUT2D eigenvalue weighted by atomic mass is 35.5. The Hall–Kier alpha value is -1.87. The van der Waals surface area contributed by atoms with Gasteiger partial charge in [0.15, 0.2) is 0 Å². The molecule has 1 saturated heterocycles. The van der Waals surface area contributed by atoms with Crippen LogP contribution in [0.2, 0.25) is 5.02 Å². The van der Waals surface area contributed by atoms with Gasteiger partial charge in [-0.25, -0.2) is 4.90 Å². The van der Waals surface area contributed by atoms with Crippen LogP contribution < -0.4 is 4.90 Å². The number of nitrogens with zero attached hydrogens (tertiary/aromatic N) is 1. The monoisotopic (exact) mass is 327 g/mol. The number of anilines is 1. The van der Waals surface area contributed by atoms with Gasteiger partial charge in [0, 0.05) is 16.9 Å². The summed E-state index contributed by atoms with van der Waals surface area (Å²) in [5.41, 5.74) is 4.01. The lowest BCUT2D eigenvalue weighted by atomic mass is 9.85. The number of rotatable bonds is 1. The number of amides is 2. The zero-order valence-corrected chi connectivity index (χ0v) is 14.1. The molecule has 2 fully saturated rings. The fourth-order valence-electron chi connectivity index (χ4n) is 4.49. The van der Waals surface area contributed by atoms with Gasteiger partial charge in [-0.1, -0.05) is 41.0 Å². The maximum absolute atomic E-state index is 13.0. The summed E-state index contributed by atoms with van der Waals surface area (Å²) in [5.74, 6) is -0.504. The summed E-state index contributed by atoms with van der Waals surface area (Å²) in [5, 5.41) is 0.536. The number of carbonyl (C=O) groups is 2. The second-order valence-corrected chi connectivity index (χ2v) is 7.32. The van der Waals surface area contributed by atoms with E-state index in [0.29, 0.717) is 10.7 Å². The highest BCUT2D eigenvalue weighted by Crippen LogP contribution is 2.57. The van der Waals surface area contributed by atoms with Crippen LogP contribution in [0.1, 0.15) is 19.4 Å². The molecule has 1 aliphatic heterocycles. The van der Waals surface area contributed by atoms with Crippen molar-refractivity contribution < 1.29 is 9.59 Å². The lowest BCUT2D eigenvalue weighted by Crippen LogP contribution is -2.33. The second kappa shape index (κ2) is 4.81. The first-order valence-corrected chi connectivity index (χ1v) is 8.29. The fraction of sp³-hybridized carbons (Fsp3) is 0.368. The molecule has 3 aliphatic rings. The van der Waals surface area contributed by atoms with Crippen molar-refractivity contribution in [2.45, 2.75) is 20.8 Å². The van der Waals surface area contributed by atoms with E-state index in [-0.39, 0.29) is 35.5 Å². The highest BCUT2D eigenvalue weighted by molar-refractivity contribution is 6.31. The molecule has 118 valence electrons. The van der Waals surface area contributed by atoms with Gasteiger partial charge in [0.05, 0.1) is 17.5 Å². The lowest BCUT2D eigenvalue weighted by molar-refractivity contribution is -0.122. The highest BCUT2D eigenvalue weighted by Gasteiger charge is 2.62. The summed E-state index contributed by atoms with van der Waals surface area (Å²) in [4.78, 5) is 27.4. The molecule has 0 N–H and O–H groups in total. The minimum absolute atomic E-state index is 0.0796. The zero-order valence-electron chi connectivity index (χ0n) is 13.3. The number of halogens is 1. The van der Waals surface area contributed by atoms with Crippen LogP contribution in [0.5, 0.6) is 0 Å². The molecule has 1 aromatic rings. The van der Waals surface area contributed by atoms with E-state index in [1.165, 1.54) is 16.0 Å². The van der Waals surface area contributed by atoms with Gasteiger partial charge < -0.3 is 0 Å². The van der Waals surface area contributed by atoms with Crippen molar-refractivity contribution >= 4 is 29.1 Å². The molecule has 4 atom stereocenters. The van der Waals surface area contributed by atoms with Gasteiger partial charge in [0.2, 0.25) is 11.8 Å². The Balaban J connectivity index is 1.80. The first-order chi connectivity index (χ1) is 10.9. The number of benzene rings is 1. The molecule has 0 spiro atoms. The van der Waals surface area contributed by atoms with Crippen molar-refractivity contribution in [3.63, 3.8) is 0 Å². The summed E-state index contributed by atoms with van der Waals surface area (Å²) in [6, 6.07) is 5.34. The maximum atomic E-state index is 13.0. The predicted molar refractivity (Wildman–Crippen MR) is 90.2 cm³/mol. The molecule has 1 heterocycles. The molecule has 4 heteroatoms. The van der Waals surface area contributed by atoms with Crippen LogP contribution >= 0.6 is 11.6 Å². The Bertz CT molecular complexity index is 770. The average molecular weight is 328 g/mol. The zero-order chi connectivity index (χ0) is 16.5. The van der Waals surface area contributed by atoms with E-state index >= 15 is 0 Å². The topological polar surface area (TPSA) is 37.4 Å². The van der Waals surface area contributed by atoms with E-state index in [1.54, 1.807) is 12.1 Å². The van der Waals surface area contributed by atoms with Crippen molar-refractivity contribution in [3.8, 4) is 0 Å². The molecule has 0 aromatic heterocycles. The quantitative estimate of drug-likeness (QED) is 0.579. The summed E-state index contributed by atoms with van der Waals surface area (Å²) in [7, 11) is 0. The van der Waals surface area contributed by atoms with Crippen LogP contribution in [0, 0.1) is 30.6 Å². The Morgan fingerprint density at radius 3 is 2.13 bits per heavy atom. The van der Waals surface area contributed by atoms with E-state index in [2.05, 4.69) is 26.0 Å². The third kappa shape index (κ3) is 1.83. The third-order valence-corrected chi connectivity index (χ3v) is 5.64. The third-order valence-electron chi connectivity index (χ3n) is 5.41. The number of allylic oxidation sites excluding steroid dienone is 4. The molecule has 2 aliphatic carbocycles. The molecule has 2 amide bonds. The van der Waals surface area contributed by atoms with Gasteiger partial charge in [-0.2, -0.15) is 0 Å². The first-order valence-electron chi connectivity index (χ1n) is 7.91. The molecular formula is C19H18ClNO2. The summed E-state index contributed by atoms with van der Waals surface area (Å²) < 4.78 is 0. The van der Waals surface area contributed by atoms with Gasteiger partial charge in [0.1, 0.15) is 0 Å². The maximum Gasteiger partial charge on any atom is 0.238 e. The van der Waals surface area contributed by atoms with Crippen molar-refractivity contribution in [1.82, 2.24) is 0 Å². The minimum Gasteiger partial charge on any atom is -0.274 e. The molecule has 23 heavy (non-hydrogen) atoms. The second-order valence-electron chi connectivity index (χ2n) is 6.89. The van der Waals surface area contributed by atoms with Crippen LogP contribution in [-0.2, 0) is 9.59 Å². The van der Waals surface area contributed by atoms with Crippen LogP contribution in [0.3, 0.4) is 0 Å². The number of hydrogen-bond acceptors (Lipinski definition) is 2. The Labute approximate surface area is 140 Å². The molecule has 1 aromatic carbocycles.